The maximum atomic E-state index is 11.3. The van der Waals surface area contributed by atoms with E-state index < -0.39 is 9.84 Å². The second-order valence-corrected chi connectivity index (χ2v) is 6.69. The molecule has 1 atom stereocenters. The van der Waals surface area contributed by atoms with Crippen molar-refractivity contribution in [3.63, 3.8) is 0 Å². The van der Waals surface area contributed by atoms with Crippen molar-refractivity contribution in [1.29, 1.82) is 0 Å². The zero-order valence-corrected chi connectivity index (χ0v) is 10.6. The molecule has 1 fully saturated rings. The lowest BCUT2D eigenvalue weighted by atomic mass is 10.0. The van der Waals surface area contributed by atoms with Gasteiger partial charge in [0.05, 0.1) is 18.6 Å². The number of ether oxygens (including phenoxy) is 1. The molecule has 0 saturated carbocycles. The van der Waals surface area contributed by atoms with Crippen LogP contribution < -0.4 is 5.32 Å². The number of hydrogen-bond donors (Lipinski definition) is 1. The van der Waals surface area contributed by atoms with Crippen LogP contribution in [-0.2, 0) is 19.4 Å². The summed E-state index contributed by atoms with van der Waals surface area (Å²) in [4.78, 5) is 10.8. The molecule has 16 heavy (non-hydrogen) atoms. The number of nitrogens with one attached hydrogen (secondary N) is 1. The fourth-order valence-electron chi connectivity index (χ4n) is 1.87. The fourth-order valence-corrected chi connectivity index (χ4v) is 4.00. The van der Waals surface area contributed by atoms with Crippen LogP contribution in [0.25, 0.3) is 0 Å². The number of esters is 1. The minimum atomic E-state index is -2.87. The third-order valence-corrected chi connectivity index (χ3v) is 4.74. The van der Waals surface area contributed by atoms with Crippen molar-refractivity contribution < 1.29 is 17.9 Å². The van der Waals surface area contributed by atoms with Crippen molar-refractivity contribution in [3.05, 3.63) is 0 Å². The van der Waals surface area contributed by atoms with Crippen molar-refractivity contribution >= 4 is 15.8 Å². The molecular weight excluding hydrogens is 230 g/mol. The third-order valence-electron chi connectivity index (χ3n) is 2.84. The molecule has 0 amide bonds. The standard InChI is InChI=1S/C10H19NO4S/c1-10(5-7-16(13,14)8-10)11-6-3-4-9(12)15-2/h11H,3-8H2,1-2H3. The summed E-state index contributed by atoms with van der Waals surface area (Å²) >= 11 is 0. The summed E-state index contributed by atoms with van der Waals surface area (Å²) < 4.78 is 27.2. The van der Waals surface area contributed by atoms with E-state index in [0.717, 1.165) is 0 Å². The fraction of sp³-hybridized carbons (Fsp3) is 0.900. The summed E-state index contributed by atoms with van der Waals surface area (Å²) in [6.07, 6.45) is 1.68. The minimum absolute atomic E-state index is 0.193. The maximum absolute atomic E-state index is 11.3. The Morgan fingerprint density at radius 1 is 1.50 bits per heavy atom. The van der Waals surface area contributed by atoms with Crippen LogP contribution in [0.5, 0.6) is 0 Å². The van der Waals surface area contributed by atoms with Crippen molar-refractivity contribution in [2.24, 2.45) is 0 Å². The Balaban J connectivity index is 2.26. The monoisotopic (exact) mass is 249 g/mol. The van der Waals surface area contributed by atoms with Crippen LogP contribution in [0.3, 0.4) is 0 Å². The highest BCUT2D eigenvalue weighted by Gasteiger charge is 2.37. The molecule has 0 aromatic rings. The van der Waals surface area contributed by atoms with E-state index in [1.54, 1.807) is 0 Å². The van der Waals surface area contributed by atoms with Gasteiger partial charge in [-0.05, 0) is 26.3 Å². The molecule has 1 unspecified atom stereocenters. The molecule has 1 saturated heterocycles. The number of methoxy groups -OCH3 is 1. The first-order valence-electron chi connectivity index (χ1n) is 5.39. The van der Waals surface area contributed by atoms with Gasteiger partial charge in [-0.25, -0.2) is 8.42 Å². The van der Waals surface area contributed by atoms with Gasteiger partial charge in [-0.2, -0.15) is 0 Å². The van der Waals surface area contributed by atoms with Gasteiger partial charge < -0.3 is 10.1 Å². The molecule has 0 radical (unpaired) electrons. The van der Waals surface area contributed by atoms with Crippen molar-refractivity contribution in [2.45, 2.75) is 31.7 Å². The topological polar surface area (TPSA) is 72.5 Å². The Morgan fingerprint density at radius 3 is 2.69 bits per heavy atom. The summed E-state index contributed by atoms with van der Waals surface area (Å²) in [5.74, 6) is 0.220. The largest absolute Gasteiger partial charge is 0.469 e. The molecule has 0 aromatic carbocycles. The second-order valence-electron chi connectivity index (χ2n) is 4.51. The first-order chi connectivity index (χ1) is 7.37. The van der Waals surface area contributed by atoms with Crippen LogP contribution in [0, 0.1) is 0 Å². The number of hydrogen-bond acceptors (Lipinski definition) is 5. The molecule has 0 aromatic heterocycles. The molecular formula is C10H19NO4S. The van der Waals surface area contributed by atoms with E-state index in [4.69, 9.17) is 0 Å². The SMILES string of the molecule is COC(=O)CCCNC1(C)CCS(=O)(=O)C1. The summed E-state index contributed by atoms with van der Waals surface area (Å²) in [7, 11) is -1.50. The minimum Gasteiger partial charge on any atom is -0.469 e. The molecule has 6 heteroatoms. The predicted octanol–water partition coefficient (Wildman–Crippen LogP) is 0.106. The Bertz CT molecular complexity index is 352. The molecule has 0 spiro atoms. The van der Waals surface area contributed by atoms with Crippen LogP contribution in [-0.4, -0.2) is 45.1 Å². The molecule has 5 nitrogen and oxygen atoms in total. The van der Waals surface area contributed by atoms with Gasteiger partial charge in [0.1, 0.15) is 0 Å². The lowest BCUT2D eigenvalue weighted by Crippen LogP contribution is -2.43. The summed E-state index contributed by atoms with van der Waals surface area (Å²) in [5, 5.41) is 3.21. The number of rotatable bonds is 5. The van der Waals surface area contributed by atoms with Crippen LogP contribution in [0.15, 0.2) is 0 Å². The maximum Gasteiger partial charge on any atom is 0.305 e. The van der Waals surface area contributed by atoms with Crippen molar-refractivity contribution in [2.75, 3.05) is 25.2 Å². The van der Waals surface area contributed by atoms with E-state index in [9.17, 15) is 13.2 Å². The van der Waals surface area contributed by atoms with Gasteiger partial charge in [0, 0.05) is 12.0 Å². The van der Waals surface area contributed by atoms with Crippen molar-refractivity contribution in [3.8, 4) is 0 Å². The van der Waals surface area contributed by atoms with Gasteiger partial charge >= 0.3 is 5.97 Å². The van der Waals surface area contributed by atoms with E-state index in [0.29, 0.717) is 25.8 Å². The van der Waals surface area contributed by atoms with Crippen LogP contribution in [0.2, 0.25) is 0 Å². The molecule has 1 heterocycles. The van der Waals surface area contributed by atoms with Crippen LogP contribution in [0.1, 0.15) is 26.2 Å². The van der Waals surface area contributed by atoms with E-state index in [1.165, 1.54) is 7.11 Å². The van der Waals surface area contributed by atoms with Crippen LogP contribution in [0.4, 0.5) is 0 Å². The molecule has 1 N–H and O–H groups in total. The van der Waals surface area contributed by atoms with Gasteiger partial charge in [0.2, 0.25) is 0 Å². The Labute approximate surface area is 96.5 Å². The van der Waals surface area contributed by atoms with Gasteiger partial charge in [-0.3, -0.25) is 4.79 Å². The van der Waals surface area contributed by atoms with E-state index in [1.807, 2.05) is 6.92 Å². The zero-order valence-electron chi connectivity index (χ0n) is 9.78. The quantitative estimate of drug-likeness (QED) is 0.553. The highest BCUT2D eigenvalue weighted by Crippen LogP contribution is 2.22. The smallest absolute Gasteiger partial charge is 0.305 e. The normalized spacial score (nSPS) is 27.9. The van der Waals surface area contributed by atoms with Gasteiger partial charge in [0.25, 0.3) is 0 Å². The summed E-state index contributed by atoms with van der Waals surface area (Å²) in [6.45, 7) is 2.55. The summed E-state index contributed by atoms with van der Waals surface area (Å²) in [6, 6.07) is 0. The first kappa shape index (κ1) is 13.4. The molecule has 1 aliphatic heterocycles. The zero-order chi connectivity index (χ0) is 12.2. The molecule has 1 aliphatic rings. The lowest BCUT2D eigenvalue weighted by Gasteiger charge is -2.23. The predicted molar refractivity (Wildman–Crippen MR) is 60.9 cm³/mol. The van der Waals surface area contributed by atoms with Gasteiger partial charge in [-0.15, -0.1) is 0 Å². The van der Waals surface area contributed by atoms with E-state index in [2.05, 4.69) is 10.1 Å². The number of carbonyl (C=O) groups excluding carboxylic acids is 1. The molecule has 1 rings (SSSR count). The molecule has 94 valence electrons. The average Bonchev–Trinajstić information content (AvgIpc) is 2.48. The Morgan fingerprint density at radius 2 is 2.19 bits per heavy atom. The highest BCUT2D eigenvalue weighted by atomic mass is 32.2. The second kappa shape index (κ2) is 5.14. The molecule has 0 bridgehead atoms. The van der Waals surface area contributed by atoms with E-state index in [-0.39, 0.29) is 23.0 Å². The van der Waals surface area contributed by atoms with Crippen molar-refractivity contribution in [1.82, 2.24) is 5.32 Å². The van der Waals surface area contributed by atoms with Gasteiger partial charge in [0.15, 0.2) is 9.84 Å². The Kier molecular flexibility index (Phi) is 4.32. The average molecular weight is 249 g/mol. The third kappa shape index (κ3) is 4.09. The Hall–Kier alpha value is -0.620. The number of sulfone groups is 1. The highest BCUT2D eigenvalue weighted by molar-refractivity contribution is 7.91. The van der Waals surface area contributed by atoms with Crippen LogP contribution >= 0.6 is 0 Å². The first-order valence-corrected chi connectivity index (χ1v) is 7.21. The summed E-state index contributed by atoms with van der Waals surface area (Å²) in [5.41, 5.74) is -0.324. The number of carbonyl (C=O) groups is 1. The van der Waals surface area contributed by atoms with Gasteiger partial charge in [-0.1, -0.05) is 0 Å². The lowest BCUT2D eigenvalue weighted by molar-refractivity contribution is -0.140. The van der Waals surface area contributed by atoms with E-state index >= 15 is 0 Å². The molecule has 0 aliphatic carbocycles.